The zero-order valence-corrected chi connectivity index (χ0v) is 14.5. The summed E-state index contributed by atoms with van der Waals surface area (Å²) in [7, 11) is 4.49. The maximum absolute atomic E-state index is 14.0. The minimum absolute atomic E-state index is 0.0778. The van der Waals surface area contributed by atoms with Crippen molar-refractivity contribution in [3.05, 3.63) is 52.3 Å². The van der Waals surface area contributed by atoms with Crippen LogP contribution in [0.2, 0.25) is 0 Å². The third-order valence-electron chi connectivity index (χ3n) is 3.57. The van der Waals surface area contributed by atoms with Gasteiger partial charge in [-0.1, -0.05) is 0 Å². The van der Waals surface area contributed by atoms with Crippen molar-refractivity contribution in [3.8, 4) is 11.5 Å². The number of rotatable bonds is 7. The van der Waals surface area contributed by atoms with E-state index in [1.54, 1.807) is 18.2 Å². The number of non-ortho nitro benzene ring substituents is 1. The number of anilines is 2. The molecule has 0 fully saturated rings. The van der Waals surface area contributed by atoms with Crippen LogP contribution in [0.4, 0.5) is 21.5 Å². The van der Waals surface area contributed by atoms with Gasteiger partial charge in [-0.05, 0) is 6.07 Å². The van der Waals surface area contributed by atoms with Crippen molar-refractivity contribution >= 4 is 23.0 Å². The number of amides is 1. The van der Waals surface area contributed by atoms with E-state index in [2.05, 4.69) is 5.32 Å². The molecule has 0 heterocycles. The lowest BCUT2D eigenvalue weighted by Gasteiger charge is -2.19. The number of halogens is 1. The van der Waals surface area contributed by atoms with Crippen LogP contribution in [0.3, 0.4) is 0 Å². The van der Waals surface area contributed by atoms with Gasteiger partial charge in [0.2, 0.25) is 5.91 Å². The molecule has 2 aromatic carbocycles. The molecule has 0 aliphatic carbocycles. The van der Waals surface area contributed by atoms with Gasteiger partial charge >= 0.3 is 0 Å². The van der Waals surface area contributed by atoms with Gasteiger partial charge in [0.05, 0.1) is 37.4 Å². The van der Waals surface area contributed by atoms with Crippen LogP contribution in [-0.2, 0) is 4.79 Å². The summed E-state index contributed by atoms with van der Waals surface area (Å²) in [5, 5.41) is 13.3. The number of likely N-dealkylation sites (N-methyl/N-ethyl adjacent to an activating group) is 1. The van der Waals surface area contributed by atoms with Gasteiger partial charge in [0.25, 0.3) is 5.69 Å². The molecule has 2 rings (SSSR count). The van der Waals surface area contributed by atoms with Crippen LogP contribution < -0.4 is 19.7 Å². The Morgan fingerprint density at radius 1 is 1.19 bits per heavy atom. The van der Waals surface area contributed by atoms with Crippen molar-refractivity contribution in [2.45, 2.75) is 0 Å². The van der Waals surface area contributed by atoms with Gasteiger partial charge in [-0.15, -0.1) is 0 Å². The minimum Gasteiger partial charge on any atom is -0.497 e. The molecule has 1 amide bonds. The monoisotopic (exact) mass is 363 g/mol. The summed E-state index contributed by atoms with van der Waals surface area (Å²) in [6.07, 6.45) is 0. The second kappa shape index (κ2) is 8.15. The SMILES string of the molecule is COc1cc(NC(=O)CN(C)c2ccc([N+](=O)[O-])cc2F)cc(OC)c1. The average Bonchev–Trinajstić information content (AvgIpc) is 2.60. The van der Waals surface area contributed by atoms with Crippen LogP contribution in [-0.4, -0.2) is 38.6 Å². The summed E-state index contributed by atoms with van der Waals surface area (Å²) >= 11 is 0. The molecule has 0 spiro atoms. The average molecular weight is 363 g/mol. The Morgan fingerprint density at radius 3 is 2.31 bits per heavy atom. The molecule has 2 aromatic rings. The van der Waals surface area contributed by atoms with E-state index < -0.39 is 16.6 Å². The molecule has 0 unspecified atom stereocenters. The van der Waals surface area contributed by atoms with E-state index in [9.17, 15) is 19.3 Å². The number of ether oxygens (including phenoxy) is 2. The number of hydrogen-bond donors (Lipinski definition) is 1. The molecule has 0 saturated heterocycles. The Bertz CT molecular complexity index is 806. The first kappa shape index (κ1) is 19.0. The highest BCUT2D eigenvalue weighted by atomic mass is 19.1. The summed E-state index contributed by atoms with van der Waals surface area (Å²) in [6.45, 7) is -0.158. The van der Waals surface area contributed by atoms with Crippen molar-refractivity contribution in [3.63, 3.8) is 0 Å². The summed E-state index contributed by atoms with van der Waals surface area (Å²) in [4.78, 5) is 23.5. The molecule has 9 heteroatoms. The lowest BCUT2D eigenvalue weighted by atomic mass is 10.2. The molecule has 0 aromatic heterocycles. The number of nitro benzene ring substituents is 1. The first-order valence-corrected chi connectivity index (χ1v) is 7.52. The summed E-state index contributed by atoms with van der Waals surface area (Å²) < 4.78 is 24.3. The third kappa shape index (κ3) is 4.59. The Hall–Kier alpha value is -3.36. The normalized spacial score (nSPS) is 10.2. The highest BCUT2D eigenvalue weighted by Crippen LogP contribution is 2.26. The highest BCUT2D eigenvalue weighted by molar-refractivity contribution is 5.94. The summed E-state index contributed by atoms with van der Waals surface area (Å²) in [5.41, 5.74) is 0.185. The number of methoxy groups -OCH3 is 2. The lowest BCUT2D eigenvalue weighted by molar-refractivity contribution is -0.385. The molecule has 0 aliphatic heterocycles. The van der Waals surface area contributed by atoms with Crippen LogP contribution in [0.5, 0.6) is 11.5 Å². The molecule has 0 bridgehead atoms. The molecule has 26 heavy (non-hydrogen) atoms. The van der Waals surface area contributed by atoms with Gasteiger partial charge in [-0.2, -0.15) is 0 Å². The lowest BCUT2D eigenvalue weighted by Crippen LogP contribution is -2.30. The maximum atomic E-state index is 14.0. The van der Waals surface area contributed by atoms with E-state index >= 15 is 0 Å². The van der Waals surface area contributed by atoms with Crippen molar-refractivity contribution < 1.29 is 23.6 Å². The van der Waals surface area contributed by atoms with Crippen LogP contribution in [0.15, 0.2) is 36.4 Å². The zero-order valence-electron chi connectivity index (χ0n) is 14.5. The maximum Gasteiger partial charge on any atom is 0.272 e. The number of nitrogens with one attached hydrogen (secondary N) is 1. The summed E-state index contributed by atoms with van der Waals surface area (Å²) in [6, 6.07) is 8.15. The Balaban J connectivity index is 2.09. The van der Waals surface area contributed by atoms with Crippen molar-refractivity contribution in [1.29, 1.82) is 0 Å². The highest BCUT2D eigenvalue weighted by Gasteiger charge is 2.16. The molecule has 1 N–H and O–H groups in total. The van der Waals surface area contributed by atoms with E-state index in [0.29, 0.717) is 17.2 Å². The molecule has 0 saturated carbocycles. The number of nitrogens with zero attached hydrogens (tertiary/aromatic N) is 2. The predicted octanol–water partition coefficient (Wildman–Crippen LogP) is 2.83. The molecule has 0 aliphatic rings. The van der Waals surface area contributed by atoms with E-state index in [-0.39, 0.29) is 17.9 Å². The smallest absolute Gasteiger partial charge is 0.272 e. The molecular formula is C17H18FN3O5. The second-order valence-corrected chi connectivity index (χ2v) is 5.40. The molecular weight excluding hydrogens is 345 g/mol. The summed E-state index contributed by atoms with van der Waals surface area (Å²) in [5.74, 6) is -0.165. The number of carbonyl (C=O) groups is 1. The van der Waals surface area contributed by atoms with Crippen molar-refractivity contribution in [1.82, 2.24) is 0 Å². The van der Waals surface area contributed by atoms with E-state index in [0.717, 1.165) is 6.07 Å². The predicted molar refractivity (Wildman–Crippen MR) is 94.5 cm³/mol. The fourth-order valence-electron chi connectivity index (χ4n) is 2.30. The van der Waals surface area contributed by atoms with Crippen LogP contribution in [0.1, 0.15) is 0 Å². The van der Waals surface area contributed by atoms with Gasteiger partial charge < -0.3 is 19.7 Å². The Labute approximate surface area is 149 Å². The molecule has 0 atom stereocenters. The Morgan fingerprint density at radius 2 is 1.81 bits per heavy atom. The van der Waals surface area contributed by atoms with Gasteiger partial charge in [0, 0.05) is 37.0 Å². The van der Waals surface area contributed by atoms with E-state index in [4.69, 9.17) is 9.47 Å². The second-order valence-electron chi connectivity index (χ2n) is 5.40. The topological polar surface area (TPSA) is 93.9 Å². The first-order chi connectivity index (χ1) is 12.3. The van der Waals surface area contributed by atoms with Crippen LogP contribution in [0.25, 0.3) is 0 Å². The van der Waals surface area contributed by atoms with Gasteiger partial charge in [0.15, 0.2) is 5.82 Å². The standard InChI is InChI=1S/C17H18FN3O5/c1-20(16-5-4-12(21(23)24)8-15(16)18)10-17(22)19-11-6-13(25-2)9-14(7-11)26-3/h4-9H,10H2,1-3H3,(H,19,22). The van der Waals surface area contributed by atoms with E-state index in [1.165, 1.54) is 38.3 Å². The molecule has 138 valence electrons. The van der Waals surface area contributed by atoms with Crippen molar-refractivity contribution in [2.75, 3.05) is 38.0 Å². The van der Waals surface area contributed by atoms with Crippen LogP contribution >= 0.6 is 0 Å². The number of nitro groups is 1. The molecule has 0 radical (unpaired) electrons. The van der Waals surface area contributed by atoms with Crippen molar-refractivity contribution in [2.24, 2.45) is 0 Å². The molecule has 8 nitrogen and oxygen atoms in total. The largest absolute Gasteiger partial charge is 0.497 e. The first-order valence-electron chi connectivity index (χ1n) is 7.52. The Kier molecular flexibility index (Phi) is 5.94. The van der Waals surface area contributed by atoms with E-state index in [1.807, 2.05) is 0 Å². The third-order valence-corrected chi connectivity index (χ3v) is 3.57. The number of benzene rings is 2. The quantitative estimate of drug-likeness (QED) is 0.600. The fourth-order valence-corrected chi connectivity index (χ4v) is 2.30. The van der Waals surface area contributed by atoms with Gasteiger partial charge in [-0.25, -0.2) is 4.39 Å². The van der Waals surface area contributed by atoms with Gasteiger partial charge in [-0.3, -0.25) is 14.9 Å². The fraction of sp³-hybridized carbons (Fsp3) is 0.235. The number of hydrogen-bond acceptors (Lipinski definition) is 6. The number of carbonyl (C=O) groups excluding carboxylic acids is 1. The zero-order chi connectivity index (χ0) is 19.3. The minimum atomic E-state index is -0.780. The van der Waals surface area contributed by atoms with Gasteiger partial charge in [0.1, 0.15) is 11.5 Å². The van der Waals surface area contributed by atoms with Crippen LogP contribution in [0, 0.1) is 15.9 Å².